The van der Waals surface area contributed by atoms with Gasteiger partial charge < -0.3 is 15.0 Å². The molecule has 0 aliphatic heterocycles. The number of rotatable bonds is 4. The quantitative estimate of drug-likeness (QED) is 0.720. The molecule has 0 aromatic carbocycles. The minimum absolute atomic E-state index is 0.225. The summed E-state index contributed by atoms with van der Waals surface area (Å²) in [5.41, 5.74) is 1.22. The van der Waals surface area contributed by atoms with Crippen molar-refractivity contribution in [2.45, 2.75) is 20.2 Å². The largest absolute Gasteiger partial charge is 0.376 e. The normalized spacial score (nSPS) is 11.2. The molecule has 0 fully saturated rings. The molecule has 0 unspecified atom stereocenters. The Hall–Kier alpha value is -1.83. The van der Waals surface area contributed by atoms with Crippen molar-refractivity contribution in [3.8, 4) is 0 Å². The average Bonchev–Trinajstić information content (AvgIpc) is 3.03. The highest BCUT2D eigenvalue weighted by Gasteiger charge is 2.15. The van der Waals surface area contributed by atoms with E-state index in [0.29, 0.717) is 22.0 Å². The second-order valence-electron chi connectivity index (χ2n) is 4.33. The number of aryl methyl sites for hydroxylation is 1. The molecule has 110 valence electrons. The van der Waals surface area contributed by atoms with Crippen LogP contribution in [0.25, 0.3) is 11.0 Å². The molecule has 7 nitrogen and oxygen atoms in total. The molecule has 0 saturated heterocycles. The molecule has 2 N–H and O–H groups in total. The zero-order valence-corrected chi connectivity index (χ0v) is 12.6. The fourth-order valence-corrected chi connectivity index (χ4v) is 2.60. The van der Waals surface area contributed by atoms with Crippen LogP contribution >= 0.6 is 23.2 Å². The summed E-state index contributed by atoms with van der Waals surface area (Å²) in [7, 11) is 0. The van der Waals surface area contributed by atoms with E-state index in [9.17, 15) is 5.11 Å². The lowest BCUT2D eigenvalue weighted by Crippen LogP contribution is -2.01. The molecule has 0 radical (unpaired) electrons. The van der Waals surface area contributed by atoms with Crippen LogP contribution in [-0.4, -0.2) is 29.4 Å². The lowest BCUT2D eigenvalue weighted by molar-refractivity contribution is 0.215. The number of nitrogens with zero attached hydrogens (tertiary/aromatic N) is 5. The lowest BCUT2D eigenvalue weighted by atomic mass is 10.4. The Balaban J connectivity index is 2.03. The Morgan fingerprint density at radius 1 is 1.29 bits per heavy atom. The van der Waals surface area contributed by atoms with Gasteiger partial charge in [0, 0.05) is 18.9 Å². The Morgan fingerprint density at radius 2 is 2.10 bits per heavy atom. The van der Waals surface area contributed by atoms with Gasteiger partial charge in [0.05, 0.1) is 22.3 Å². The molecular formula is C12H12Cl2N6O. The van der Waals surface area contributed by atoms with Gasteiger partial charge in [-0.2, -0.15) is 15.1 Å². The topological polar surface area (TPSA) is 80.8 Å². The van der Waals surface area contributed by atoms with Crippen LogP contribution in [0.3, 0.4) is 0 Å². The maximum absolute atomic E-state index is 9.32. The van der Waals surface area contributed by atoms with Crippen molar-refractivity contribution < 1.29 is 5.11 Å². The summed E-state index contributed by atoms with van der Waals surface area (Å²) < 4.78 is 3.27. The number of aliphatic hydroxyl groups is 1. The Morgan fingerprint density at radius 3 is 2.76 bits per heavy atom. The molecule has 0 bridgehead atoms. The molecule has 3 rings (SSSR count). The number of halogens is 2. The van der Waals surface area contributed by atoms with Crippen LogP contribution in [-0.2, 0) is 13.3 Å². The fraction of sp³-hybridized carbons (Fsp3) is 0.250. The molecule has 3 heterocycles. The average molecular weight is 327 g/mol. The van der Waals surface area contributed by atoms with Crippen molar-refractivity contribution in [3.05, 3.63) is 28.8 Å². The first-order chi connectivity index (χ1) is 10.1. The van der Waals surface area contributed by atoms with Crippen LogP contribution in [0, 0.1) is 0 Å². The van der Waals surface area contributed by atoms with Gasteiger partial charge in [-0.15, -0.1) is 0 Å². The van der Waals surface area contributed by atoms with E-state index in [1.54, 1.807) is 17.1 Å². The third kappa shape index (κ3) is 2.55. The number of hydrogen-bond donors (Lipinski definition) is 2. The maximum atomic E-state index is 9.32. The molecule has 3 aromatic heterocycles. The predicted molar refractivity (Wildman–Crippen MR) is 81.0 cm³/mol. The zero-order valence-electron chi connectivity index (χ0n) is 11.1. The molecule has 0 saturated carbocycles. The van der Waals surface area contributed by atoms with Gasteiger partial charge in [-0.25, -0.2) is 0 Å². The summed E-state index contributed by atoms with van der Waals surface area (Å²) in [5.74, 6) is 0.313. The van der Waals surface area contributed by atoms with Gasteiger partial charge in [-0.1, -0.05) is 23.2 Å². The lowest BCUT2D eigenvalue weighted by Gasteiger charge is -2.05. The van der Waals surface area contributed by atoms with Crippen LogP contribution < -0.4 is 5.32 Å². The Labute approximate surface area is 130 Å². The monoisotopic (exact) mass is 326 g/mol. The van der Waals surface area contributed by atoms with Gasteiger partial charge >= 0.3 is 0 Å². The van der Waals surface area contributed by atoms with Crippen molar-refractivity contribution in [2.24, 2.45) is 0 Å². The smallest absolute Gasteiger partial charge is 0.230 e. The van der Waals surface area contributed by atoms with Gasteiger partial charge in [0.1, 0.15) is 11.9 Å². The van der Waals surface area contributed by atoms with E-state index < -0.39 is 0 Å². The number of aliphatic hydroxyl groups excluding tert-OH is 1. The van der Waals surface area contributed by atoms with Crippen LogP contribution in [0.1, 0.15) is 6.92 Å². The minimum Gasteiger partial charge on any atom is -0.376 e. The van der Waals surface area contributed by atoms with Gasteiger partial charge in [0.15, 0.2) is 5.65 Å². The molecule has 0 aliphatic carbocycles. The van der Waals surface area contributed by atoms with E-state index in [0.717, 1.165) is 12.2 Å². The van der Waals surface area contributed by atoms with Gasteiger partial charge in [0.25, 0.3) is 0 Å². The highest BCUT2D eigenvalue weighted by atomic mass is 35.5. The molecule has 0 amide bonds. The third-order valence-electron chi connectivity index (χ3n) is 2.99. The van der Waals surface area contributed by atoms with Crippen molar-refractivity contribution in [3.63, 3.8) is 0 Å². The first-order valence-electron chi connectivity index (χ1n) is 6.24. The summed E-state index contributed by atoms with van der Waals surface area (Å²) in [6.07, 6.45) is 5.06. The zero-order chi connectivity index (χ0) is 15.0. The van der Waals surface area contributed by atoms with Crippen molar-refractivity contribution >= 4 is 45.9 Å². The summed E-state index contributed by atoms with van der Waals surface area (Å²) in [5, 5.41) is 17.6. The molecule has 3 aromatic rings. The van der Waals surface area contributed by atoms with E-state index in [1.165, 1.54) is 4.57 Å². The van der Waals surface area contributed by atoms with Crippen LogP contribution in [0.15, 0.2) is 18.6 Å². The van der Waals surface area contributed by atoms with Crippen molar-refractivity contribution in [2.75, 3.05) is 5.32 Å². The van der Waals surface area contributed by atoms with Crippen LogP contribution in [0.5, 0.6) is 0 Å². The highest BCUT2D eigenvalue weighted by Crippen LogP contribution is 2.31. The molecular weight excluding hydrogens is 315 g/mol. The maximum Gasteiger partial charge on any atom is 0.230 e. The van der Waals surface area contributed by atoms with Gasteiger partial charge in [0.2, 0.25) is 5.95 Å². The van der Waals surface area contributed by atoms with E-state index in [2.05, 4.69) is 20.4 Å². The number of nitrogens with one attached hydrogen (secondary N) is 1. The highest BCUT2D eigenvalue weighted by molar-refractivity contribution is 6.41. The van der Waals surface area contributed by atoms with Crippen LogP contribution in [0.4, 0.5) is 11.6 Å². The predicted octanol–water partition coefficient (Wildman–Crippen LogP) is 2.65. The summed E-state index contributed by atoms with van der Waals surface area (Å²) >= 11 is 12.2. The van der Waals surface area contributed by atoms with E-state index in [1.807, 2.05) is 13.1 Å². The molecule has 21 heavy (non-hydrogen) atoms. The minimum atomic E-state index is -0.246. The molecule has 0 spiro atoms. The Kier molecular flexibility index (Phi) is 3.71. The number of aromatic nitrogens is 5. The SMILES string of the molecule is CCn1cc(Nc2nc(Cl)c3c(Cl)cn(CO)c3n2)cn1. The summed E-state index contributed by atoms with van der Waals surface area (Å²) in [4.78, 5) is 8.50. The van der Waals surface area contributed by atoms with E-state index in [4.69, 9.17) is 23.2 Å². The van der Waals surface area contributed by atoms with Gasteiger partial charge in [-0.3, -0.25) is 4.68 Å². The van der Waals surface area contributed by atoms with Gasteiger partial charge in [-0.05, 0) is 6.92 Å². The van der Waals surface area contributed by atoms with Crippen molar-refractivity contribution in [1.29, 1.82) is 0 Å². The molecule has 0 aliphatic rings. The summed E-state index contributed by atoms with van der Waals surface area (Å²) in [6.45, 7) is 2.52. The number of hydrogen-bond acceptors (Lipinski definition) is 5. The molecule has 0 atom stereocenters. The van der Waals surface area contributed by atoms with Crippen LogP contribution in [0.2, 0.25) is 10.2 Å². The van der Waals surface area contributed by atoms with Crippen molar-refractivity contribution in [1.82, 2.24) is 24.3 Å². The molecule has 9 heteroatoms. The van der Waals surface area contributed by atoms with E-state index in [-0.39, 0.29) is 11.9 Å². The standard InChI is InChI=1S/C12H12Cl2N6O/c1-2-20-4-7(3-15-20)16-12-17-10(14)9-8(13)5-19(6-21)11(9)18-12/h3-5,21H,2,6H2,1H3,(H,16,17,18). The Bertz CT molecular complexity index is 796. The number of fused-ring (bicyclic) bond motifs is 1. The third-order valence-corrected chi connectivity index (χ3v) is 3.55. The first kappa shape index (κ1) is 14.1. The van der Waals surface area contributed by atoms with E-state index >= 15 is 0 Å². The first-order valence-corrected chi connectivity index (χ1v) is 7.00. The number of anilines is 2. The second-order valence-corrected chi connectivity index (χ2v) is 5.10. The second kappa shape index (κ2) is 5.51. The fourth-order valence-electron chi connectivity index (χ4n) is 1.99. The summed E-state index contributed by atoms with van der Waals surface area (Å²) in [6, 6.07) is 0.